The lowest BCUT2D eigenvalue weighted by Crippen LogP contribution is -2.15. The van der Waals surface area contributed by atoms with E-state index in [9.17, 15) is 4.79 Å². The van der Waals surface area contributed by atoms with Crippen LogP contribution in [0.4, 0.5) is 0 Å². The summed E-state index contributed by atoms with van der Waals surface area (Å²) in [5.74, 6) is 0.719. The van der Waals surface area contributed by atoms with Crippen LogP contribution in [0.5, 0.6) is 5.75 Å². The number of carbonyl (C=O) groups is 1. The first-order valence-electron chi connectivity index (χ1n) is 6.04. The Morgan fingerprint density at radius 1 is 1.44 bits per heavy atom. The fourth-order valence-corrected chi connectivity index (χ4v) is 1.57. The highest BCUT2D eigenvalue weighted by atomic mass is 16.6. The standard InChI is InChI=1S/C15H20O3/c1-5-8-17-15(16)10-18-14-9-12(4)6-7-13(14)11(2)3/h5-7,9,11H,1,8,10H2,2-4H3. The van der Waals surface area contributed by atoms with Gasteiger partial charge in [0.1, 0.15) is 12.4 Å². The van der Waals surface area contributed by atoms with Crippen LogP contribution in [0.3, 0.4) is 0 Å². The van der Waals surface area contributed by atoms with Crippen molar-refractivity contribution >= 4 is 5.97 Å². The predicted molar refractivity (Wildman–Crippen MR) is 71.9 cm³/mol. The van der Waals surface area contributed by atoms with Crippen molar-refractivity contribution in [1.82, 2.24) is 0 Å². The van der Waals surface area contributed by atoms with Gasteiger partial charge in [-0.3, -0.25) is 0 Å². The van der Waals surface area contributed by atoms with E-state index in [4.69, 9.17) is 9.47 Å². The first kappa shape index (κ1) is 14.3. The average molecular weight is 248 g/mol. The molecule has 0 heterocycles. The maximum absolute atomic E-state index is 11.3. The molecule has 1 rings (SSSR count). The van der Waals surface area contributed by atoms with Crippen molar-refractivity contribution in [2.24, 2.45) is 0 Å². The molecule has 0 radical (unpaired) electrons. The molecule has 0 aliphatic heterocycles. The van der Waals surface area contributed by atoms with E-state index >= 15 is 0 Å². The maximum atomic E-state index is 11.3. The monoisotopic (exact) mass is 248 g/mol. The first-order valence-corrected chi connectivity index (χ1v) is 6.04. The van der Waals surface area contributed by atoms with Crippen LogP contribution in [0.2, 0.25) is 0 Å². The van der Waals surface area contributed by atoms with Gasteiger partial charge in [-0.2, -0.15) is 0 Å². The van der Waals surface area contributed by atoms with Crippen LogP contribution < -0.4 is 4.74 Å². The molecule has 0 unspecified atom stereocenters. The third kappa shape index (κ3) is 4.24. The van der Waals surface area contributed by atoms with Crippen LogP contribution in [0.15, 0.2) is 30.9 Å². The van der Waals surface area contributed by atoms with Crippen LogP contribution >= 0.6 is 0 Å². The zero-order valence-electron chi connectivity index (χ0n) is 11.2. The molecule has 0 spiro atoms. The zero-order chi connectivity index (χ0) is 13.5. The van der Waals surface area contributed by atoms with Crippen molar-refractivity contribution in [3.8, 4) is 5.75 Å². The van der Waals surface area contributed by atoms with Crippen molar-refractivity contribution in [3.63, 3.8) is 0 Å². The lowest BCUT2D eigenvalue weighted by Gasteiger charge is -2.14. The third-order valence-electron chi connectivity index (χ3n) is 2.50. The Labute approximate surface area is 108 Å². The summed E-state index contributed by atoms with van der Waals surface area (Å²) in [4.78, 5) is 11.3. The largest absolute Gasteiger partial charge is 0.482 e. The van der Waals surface area contributed by atoms with Crippen LogP contribution in [0, 0.1) is 6.92 Å². The SMILES string of the molecule is C=CCOC(=O)COc1cc(C)ccc1C(C)C. The van der Waals surface area contributed by atoms with Crippen LogP contribution in [0.25, 0.3) is 0 Å². The molecule has 0 bridgehead atoms. The van der Waals surface area contributed by atoms with Crippen molar-refractivity contribution in [1.29, 1.82) is 0 Å². The number of aryl methyl sites for hydroxylation is 1. The van der Waals surface area contributed by atoms with E-state index in [1.54, 1.807) is 0 Å². The van der Waals surface area contributed by atoms with Gasteiger partial charge in [0, 0.05) is 0 Å². The molecule has 0 aliphatic rings. The Balaban J connectivity index is 2.68. The summed E-state index contributed by atoms with van der Waals surface area (Å²) in [6, 6.07) is 6.01. The number of ether oxygens (including phenoxy) is 2. The Hall–Kier alpha value is -1.77. The number of esters is 1. The lowest BCUT2D eigenvalue weighted by molar-refractivity contribution is -0.144. The van der Waals surface area contributed by atoms with E-state index in [1.165, 1.54) is 6.08 Å². The van der Waals surface area contributed by atoms with Crippen molar-refractivity contribution in [3.05, 3.63) is 42.0 Å². The summed E-state index contributed by atoms with van der Waals surface area (Å²) in [6.45, 7) is 9.80. The van der Waals surface area contributed by atoms with Crippen LogP contribution in [-0.2, 0) is 9.53 Å². The van der Waals surface area contributed by atoms with Crippen molar-refractivity contribution < 1.29 is 14.3 Å². The van der Waals surface area contributed by atoms with E-state index in [1.807, 2.05) is 25.1 Å². The zero-order valence-corrected chi connectivity index (χ0v) is 11.2. The Morgan fingerprint density at radius 2 is 2.17 bits per heavy atom. The number of hydrogen-bond acceptors (Lipinski definition) is 3. The fraction of sp³-hybridized carbons (Fsp3) is 0.400. The molecule has 0 saturated carbocycles. The highest BCUT2D eigenvalue weighted by Gasteiger charge is 2.10. The predicted octanol–water partition coefficient (Wildman–Crippen LogP) is 3.23. The van der Waals surface area contributed by atoms with Gasteiger partial charge < -0.3 is 9.47 Å². The first-order chi connectivity index (χ1) is 8.54. The fourth-order valence-electron chi connectivity index (χ4n) is 1.57. The highest BCUT2D eigenvalue weighted by molar-refractivity contribution is 5.71. The minimum absolute atomic E-state index is 0.0724. The maximum Gasteiger partial charge on any atom is 0.344 e. The van der Waals surface area contributed by atoms with E-state index in [2.05, 4.69) is 20.4 Å². The van der Waals surface area contributed by atoms with Crippen molar-refractivity contribution in [2.75, 3.05) is 13.2 Å². The number of hydrogen-bond donors (Lipinski definition) is 0. The highest BCUT2D eigenvalue weighted by Crippen LogP contribution is 2.27. The number of carbonyl (C=O) groups excluding carboxylic acids is 1. The molecule has 1 aromatic rings. The minimum Gasteiger partial charge on any atom is -0.482 e. The van der Waals surface area contributed by atoms with Gasteiger partial charge in [0.15, 0.2) is 6.61 Å². The van der Waals surface area contributed by atoms with Crippen LogP contribution in [-0.4, -0.2) is 19.2 Å². The molecule has 0 fully saturated rings. The molecule has 3 nitrogen and oxygen atoms in total. The van der Waals surface area contributed by atoms with Crippen LogP contribution in [0.1, 0.15) is 30.9 Å². The van der Waals surface area contributed by atoms with Gasteiger partial charge in [-0.25, -0.2) is 4.79 Å². The summed E-state index contributed by atoms with van der Waals surface area (Å²) in [5, 5.41) is 0. The van der Waals surface area contributed by atoms with E-state index in [-0.39, 0.29) is 19.2 Å². The third-order valence-corrected chi connectivity index (χ3v) is 2.50. The van der Waals surface area contributed by atoms with E-state index < -0.39 is 0 Å². The molecular formula is C15H20O3. The Kier molecular flexibility index (Phi) is 5.43. The van der Waals surface area contributed by atoms with E-state index in [0.29, 0.717) is 5.92 Å². The molecule has 0 amide bonds. The Morgan fingerprint density at radius 3 is 2.78 bits per heavy atom. The summed E-state index contributed by atoms with van der Waals surface area (Å²) >= 11 is 0. The second kappa shape index (κ2) is 6.84. The molecule has 18 heavy (non-hydrogen) atoms. The molecule has 3 heteroatoms. The molecule has 98 valence electrons. The molecule has 0 atom stereocenters. The summed E-state index contributed by atoms with van der Waals surface area (Å²) in [6.07, 6.45) is 1.53. The topological polar surface area (TPSA) is 35.5 Å². The van der Waals surface area contributed by atoms with Gasteiger partial charge in [0.25, 0.3) is 0 Å². The quantitative estimate of drug-likeness (QED) is 0.572. The minimum atomic E-state index is -0.383. The molecule has 0 saturated heterocycles. The number of benzene rings is 1. The smallest absolute Gasteiger partial charge is 0.344 e. The second-order valence-corrected chi connectivity index (χ2v) is 4.46. The molecule has 0 aromatic heterocycles. The van der Waals surface area contributed by atoms with Gasteiger partial charge >= 0.3 is 5.97 Å². The summed E-state index contributed by atoms with van der Waals surface area (Å²) in [5.41, 5.74) is 2.20. The van der Waals surface area contributed by atoms with E-state index in [0.717, 1.165) is 16.9 Å². The molecule has 0 aliphatic carbocycles. The van der Waals surface area contributed by atoms with Gasteiger partial charge in [-0.05, 0) is 30.0 Å². The molecular weight excluding hydrogens is 228 g/mol. The van der Waals surface area contributed by atoms with Gasteiger partial charge in [-0.1, -0.05) is 38.6 Å². The molecule has 0 N–H and O–H groups in total. The molecule has 1 aromatic carbocycles. The van der Waals surface area contributed by atoms with Crippen molar-refractivity contribution in [2.45, 2.75) is 26.7 Å². The van der Waals surface area contributed by atoms with Gasteiger partial charge in [-0.15, -0.1) is 0 Å². The Bertz CT molecular complexity index is 422. The van der Waals surface area contributed by atoms with Gasteiger partial charge in [0.2, 0.25) is 0 Å². The normalized spacial score (nSPS) is 10.2. The number of rotatable bonds is 6. The summed E-state index contributed by atoms with van der Waals surface area (Å²) in [7, 11) is 0. The second-order valence-electron chi connectivity index (χ2n) is 4.46. The summed E-state index contributed by atoms with van der Waals surface area (Å²) < 4.78 is 10.4. The lowest BCUT2D eigenvalue weighted by atomic mass is 10.0. The van der Waals surface area contributed by atoms with Gasteiger partial charge in [0.05, 0.1) is 0 Å². The average Bonchev–Trinajstić information content (AvgIpc) is 2.33.